The maximum absolute atomic E-state index is 12.2. The van der Waals surface area contributed by atoms with Gasteiger partial charge in [0.05, 0.1) is 5.39 Å². The van der Waals surface area contributed by atoms with Crippen LogP contribution in [0.2, 0.25) is 0 Å². The summed E-state index contributed by atoms with van der Waals surface area (Å²) in [5.41, 5.74) is 0. The lowest BCUT2D eigenvalue weighted by molar-refractivity contribution is -0.137. The highest BCUT2D eigenvalue weighted by Crippen LogP contribution is 2.27. The highest BCUT2D eigenvalue weighted by atomic mass is 32.1. The van der Waals surface area contributed by atoms with E-state index in [0.717, 1.165) is 29.1 Å². The van der Waals surface area contributed by atoms with Crippen LogP contribution in [0, 0.1) is 0 Å². The molecule has 0 saturated carbocycles. The number of fused-ring (bicyclic) bond motifs is 1. The van der Waals surface area contributed by atoms with Gasteiger partial charge in [0.2, 0.25) is 5.91 Å². The smallest absolute Gasteiger partial charge is 0.303 e. The number of hydrogen-bond acceptors (Lipinski definition) is 6. The van der Waals surface area contributed by atoms with Crippen LogP contribution >= 0.6 is 11.3 Å². The van der Waals surface area contributed by atoms with Gasteiger partial charge in [-0.15, -0.1) is 11.3 Å². The molecule has 1 N–H and O–H groups in total. The Morgan fingerprint density at radius 1 is 1.12 bits per heavy atom. The summed E-state index contributed by atoms with van der Waals surface area (Å²) < 4.78 is 0. The Labute approximate surface area is 143 Å². The van der Waals surface area contributed by atoms with Crippen LogP contribution in [0.1, 0.15) is 25.7 Å². The molecule has 0 spiro atoms. The molecular formula is C16H20N4O3S. The third-order valence-corrected chi connectivity index (χ3v) is 5.02. The van der Waals surface area contributed by atoms with E-state index in [-0.39, 0.29) is 12.3 Å². The molecule has 3 heterocycles. The van der Waals surface area contributed by atoms with Gasteiger partial charge in [-0.05, 0) is 24.3 Å². The molecule has 0 bridgehead atoms. The number of aliphatic carboxylic acids is 1. The molecule has 2 aromatic rings. The van der Waals surface area contributed by atoms with Gasteiger partial charge < -0.3 is 14.9 Å². The molecule has 1 amide bonds. The first-order valence-corrected chi connectivity index (χ1v) is 8.96. The van der Waals surface area contributed by atoms with Crippen LogP contribution in [0.4, 0.5) is 5.82 Å². The van der Waals surface area contributed by atoms with Crippen LogP contribution < -0.4 is 4.90 Å². The Hall–Kier alpha value is -2.22. The predicted octanol–water partition coefficient (Wildman–Crippen LogP) is 1.98. The zero-order valence-electron chi connectivity index (χ0n) is 13.3. The molecule has 1 saturated heterocycles. The van der Waals surface area contributed by atoms with Crippen LogP contribution in [0.15, 0.2) is 17.8 Å². The lowest BCUT2D eigenvalue weighted by atomic mass is 10.1. The topological polar surface area (TPSA) is 86.6 Å². The van der Waals surface area contributed by atoms with E-state index >= 15 is 0 Å². The fourth-order valence-corrected chi connectivity index (χ4v) is 3.63. The van der Waals surface area contributed by atoms with Crippen molar-refractivity contribution in [3.05, 3.63) is 17.8 Å². The molecule has 2 aromatic heterocycles. The second-order valence-electron chi connectivity index (χ2n) is 5.81. The van der Waals surface area contributed by atoms with Gasteiger partial charge in [0, 0.05) is 39.0 Å². The van der Waals surface area contributed by atoms with Gasteiger partial charge >= 0.3 is 5.97 Å². The third-order valence-electron chi connectivity index (χ3n) is 4.20. The molecule has 0 atom stereocenters. The second-order valence-corrected chi connectivity index (χ2v) is 6.70. The number of amides is 1. The lowest BCUT2D eigenvalue weighted by Gasteiger charge is -2.35. The molecule has 1 aliphatic rings. The van der Waals surface area contributed by atoms with Crippen LogP contribution in [0.5, 0.6) is 0 Å². The first kappa shape index (κ1) is 16.6. The minimum absolute atomic E-state index is 0.114. The van der Waals surface area contributed by atoms with Crippen LogP contribution in [0.25, 0.3) is 10.2 Å². The van der Waals surface area contributed by atoms with Gasteiger partial charge in [-0.25, -0.2) is 9.97 Å². The van der Waals surface area contributed by atoms with Crippen molar-refractivity contribution < 1.29 is 14.7 Å². The van der Waals surface area contributed by atoms with E-state index in [1.807, 2.05) is 16.3 Å². The number of carboxylic acid groups (broad SMARTS) is 1. The summed E-state index contributed by atoms with van der Waals surface area (Å²) in [6, 6.07) is 2.04. The fourth-order valence-electron chi connectivity index (χ4n) is 2.91. The fraction of sp³-hybridized carbons (Fsp3) is 0.500. The van der Waals surface area contributed by atoms with Crippen molar-refractivity contribution in [1.82, 2.24) is 14.9 Å². The van der Waals surface area contributed by atoms with Gasteiger partial charge in [-0.3, -0.25) is 9.59 Å². The Bertz CT molecular complexity index is 725. The monoisotopic (exact) mass is 348 g/mol. The molecule has 0 radical (unpaired) electrons. The SMILES string of the molecule is O=C(O)CCCCC(=O)N1CCN(c2ncnc3sccc23)CC1. The molecule has 7 nitrogen and oxygen atoms in total. The maximum atomic E-state index is 12.2. The summed E-state index contributed by atoms with van der Waals surface area (Å²) in [7, 11) is 0. The molecule has 1 aliphatic heterocycles. The average molecular weight is 348 g/mol. The number of rotatable bonds is 6. The van der Waals surface area contributed by atoms with Crippen molar-refractivity contribution in [2.24, 2.45) is 0 Å². The summed E-state index contributed by atoms with van der Waals surface area (Å²) in [5.74, 6) is 0.249. The van der Waals surface area contributed by atoms with Gasteiger partial charge in [0.15, 0.2) is 0 Å². The Morgan fingerprint density at radius 3 is 2.62 bits per heavy atom. The van der Waals surface area contributed by atoms with Crippen molar-refractivity contribution in [1.29, 1.82) is 0 Å². The average Bonchev–Trinajstić information content (AvgIpc) is 3.07. The normalized spacial score (nSPS) is 15.0. The summed E-state index contributed by atoms with van der Waals surface area (Å²) >= 11 is 1.60. The number of aromatic nitrogens is 2. The predicted molar refractivity (Wildman–Crippen MR) is 92.3 cm³/mol. The zero-order valence-corrected chi connectivity index (χ0v) is 14.2. The molecule has 1 fully saturated rings. The molecule has 24 heavy (non-hydrogen) atoms. The van der Waals surface area contributed by atoms with E-state index in [9.17, 15) is 9.59 Å². The van der Waals surface area contributed by atoms with Crippen LogP contribution in [-0.2, 0) is 9.59 Å². The molecule has 3 rings (SSSR count). The first-order valence-electron chi connectivity index (χ1n) is 8.08. The van der Waals surface area contributed by atoms with E-state index in [2.05, 4.69) is 14.9 Å². The van der Waals surface area contributed by atoms with Crippen molar-refractivity contribution in [2.45, 2.75) is 25.7 Å². The number of hydrogen-bond donors (Lipinski definition) is 1. The molecule has 128 valence electrons. The standard InChI is InChI=1S/C16H20N4O3S/c21-13(3-1-2-4-14(22)23)19-6-8-20(9-7-19)15-12-5-10-24-16(12)18-11-17-15/h5,10-11H,1-4,6-9H2,(H,22,23). The van der Waals surface area contributed by atoms with E-state index in [4.69, 9.17) is 5.11 Å². The van der Waals surface area contributed by atoms with Gasteiger partial charge in [0.1, 0.15) is 17.0 Å². The van der Waals surface area contributed by atoms with Crippen LogP contribution in [-0.4, -0.2) is 58.0 Å². The zero-order chi connectivity index (χ0) is 16.9. The number of carboxylic acids is 1. The van der Waals surface area contributed by atoms with Gasteiger partial charge in [0.25, 0.3) is 0 Å². The number of carbonyl (C=O) groups is 2. The van der Waals surface area contributed by atoms with E-state index in [0.29, 0.717) is 32.4 Å². The van der Waals surface area contributed by atoms with Crippen molar-refractivity contribution >= 4 is 39.2 Å². The highest BCUT2D eigenvalue weighted by Gasteiger charge is 2.23. The minimum Gasteiger partial charge on any atom is -0.481 e. The summed E-state index contributed by atoms with van der Waals surface area (Å²) in [4.78, 5) is 36.4. The highest BCUT2D eigenvalue weighted by molar-refractivity contribution is 7.16. The first-order chi connectivity index (χ1) is 11.6. The van der Waals surface area contributed by atoms with E-state index in [1.165, 1.54) is 0 Å². The molecule has 8 heteroatoms. The van der Waals surface area contributed by atoms with E-state index < -0.39 is 5.97 Å². The molecule has 0 aliphatic carbocycles. The quantitative estimate of drug-likeness (QED) is 0.804. The molecule has 0 unspecified atom stereocenters. The van der Waals surface area contributed by atoms with E-state index in [1.54, 1.807) is 17.7 Å². The summed E-state index contributed by atoms with van der Waals surface area (Å²) in [6.07, 6.45) is 3.33. The Balaban J connectivity index is 1.51. The number of carbonyl (C=O) groups excluding carboxylic acids is 1. The molecule has 0 aromatic carbocycles. The number of nitrogens with zero attached hydrogens (tertiary/aromatic N) is 4. The van der Waals surface area contributed by atoms with Crippen molar-refractivity contribution in [3.63, 3.8) is 0 Å². The van der Waals surface area contributed by atoms with Crippen molar-refractivity contribution in [3.8, 4) is 0 Å². The third kappa shape index (κ3) is 3.81. The minimum atomic E-state index is -0.805. The lowest BCUT2D eigenvalue weighted by Crippen LogP contribution is -2.49. The second kappa shape index (κ2) is 7.57. The van der Waals surface area contributed by atoms with Gasteiger partial charge in [-0.1, -0.05) is 0 Å². The number of anilines is 1. The maximum Gasteiger partial charge on any atom is 0.303 e. The number of piperazine rings is 1. The largest absolute Gasteiger partial charge is 0.481 e. The van der Waals surface area contributed by atoms with Crippen LogP contribution in [0.3, 0.4) is 0 Å². The summed E-state index contributed by atoms with van der Waals surface area (Å²) in [6.45, 7) is 2.85. The number of thiophene rings is 1. The van der Waals surface area contributed by atoms with Gasteiger partial charge in [-0.2, -0.15) is 0 Å². The van der Waals surface area contributed by atoms with Crippen molar-refractivity contribution in [2.75, 3.05) is 31.1 Å². The molecular weight excluding hydrogens is 328 g/mol. The Kier molecular flexibility index (Phi) is 5.24. The Morgan fingerprint density at radius 2 is 1.88 bits per heavy atom. The number of unbranched alkanes of at least 4 members (excludes halogenated alkanes) is 1. The summed E-state index contributed by atoms with van der Waals surface area (Å²) in [5, 5.41) is 11.7.